The molecule has 168 valence electrons. The molecule has 0 fully saturated rings. The van der Waals surface area contributed by atoms with Crippen LogP contribution in [0.15, 0.2) is 46.5 Å². The molecule has 0 bridgehead atoms. The fraction of sp³-hybridized carbons (Fsp3) is 0.182. The molecule has 0 amide bonds. The van der Waals surface area contributed by atoms with Crippen LogP contribution in [-0.4, -0.2) is 32.0 Å². The molecule has 11 heteroatoms. The lowest BCUT2D eigenvalue weighted by molar-refractivity contribution is 0.0736. The Morgan fingerprint density at radius 3 is 2.55 bits per heavy atom. The Kier molecular flexibility index (Phi) is 6.69. The molecule has 33 heavy (non-hydrogen) atoms. The van der Waals surface area contributed by atoms with Gasteiger partial charge in [-0.3, -0.25) is 9.98 Å². The number of aliphatic imine (C=N–C) groups is 1. The number of pyridine rings is 1. The Balaban J connectivity index is 1.94. The van der Waals surface area contributed by atoms with E-state index in [2.05, 4.69) is 25.0 Å². The van der Waals surface area contributed by atoms with Gasteiger partial charge in [0.05, 0.1) is 35.3 Å². The van der Waals surface area contributed by atoms with Gasteiger partial charge in [-0.2, -0.15) is 10.4 Å². The van der Waals surface area contributed by atoms with E-state index in [0.29, 0.717) is 11.4 Å². The third-order valence-corrected chi connectivity index (χ3v) is 4.52. The van der Waals surface area contributed by atoms with Crippen molar-refractivity contribution in [2.24, 2.45) is 15.9 Å². The van der Waals surface area contributed by atoms with E-state index in [1.54, 1.807) is 38.1 Å². The molecule has 0 spiro atoms. The van der Waals surface area contributed by atoms with Crippen molar-refractivity contribution in [3.05, 3.63) is 70.7 Å². The summed E-state index contributed by atoms with van der Waals surface area (Å²) in [5.74, 6) is 2.75. The highest BCUT2D eigenvalue weighted by atomic mass is 19.1. The Labute approximate surface area is 188 Å². The maximum Gasteiger partial charge on any atom is 0.193 e. The van der Waals surface area contributed by atoms with Gasteiger partial charge in [0.2, 0.25) is 0 Å². The fourth-order valence-electron chi connectivity index (χ4n) is 2.84. The Morgan fingerprint density at radius 2 is 1.88 bits per heavy atom. The van der Waals surface area contributed by atoms with Crippen LogP contribution in [0.25, 0.3) is 11.4 Å². The molecule has 0 unspecified atom stereocenters. The predicted molar refractivity (Wildman–Crippen MR) is 119 cm³/mol. The zero-order chi connectivity index (χ0) is 24.2. The monoisotopic (exact) mass is 450 g/mol. The number of rotatable bonds is 6. The summed E-state index contributed by atoms with van der Waals surface area (Å²) in [5, 5.41) is 22.6. The quantitative estimate of drug-likeness (QED) is 0.295. The lowest BCUT2D eigenvalue weighted by atomic mass is 10.0. The van der Waals surface area contributed by atoms with Gasteiger partial charge >= 0.3 is 0 Å². The van der Waals surface area contributed by atoms with Crippen molar-refractivity contribution in [2.75, 3.05) is 5.73 Å². The lowest BCUT2D eigenvalue weighted by Gasteiger charge is -2.16. The number of aliphatic hydroxyl groups is 1. The van der Waals surface area contributed by atoms with Crippen molar-refractivity contribution in [1.29, 1.82) is 5.26 Å². The molecule has 3 rings (SSSR count). The minimum absolute atomic E-state index is 0.0802. The first-order valence-electron chi connectivity index (χ1n) is 9.64. The van der Waals surface area contributed by atoms with Crippen LogP contribution >= 0.6 is 0 Å². The molecule has 0 aliphatic rings. The first-order chi connectivity index (χ1) is 15.7. The van der Waals surface area contributed by atoms with Crippen LogP contribution in [0.2, 0.25) is 0 Å². The Bertz CT molecular complexity index is 1290. The van der Waals surface area contributed by atoms with E-state index in [9.17, 15) is 13.9 Å². The van der Waals surface area contributed by atoms with Crippen molar-refractivity contribution in [3.8, 4) is 17.5 Å². The summed E-state index contributed by atoms with van der Waals surface area (Å²) in [6.07, 6.45) is 1.18. The molecule has 0 radical (unpaired) electrons. The number of nitrogens with two attached hydrogens (primary N) is 2. The summed E-state index contributed by atoms with van der Waals surface area (Å²) in [7, 11) is 0. The smallest absolute Gasteiger partial charge is 0.193 e. The zero-order valence-electron chi connectivity index (χ0n) is 17.8. The van der Waals surface area contributed by atoms with Crippen LogP contribution in [0.3, 0.4) is 0 Å². The summed E-state index contributed by atoms with van der Waals surface area (Å²) in [5.41, 5.74) is 4.62. The molecule has 2 aromatic heterocycles. The predicted octanol–water partition coefficient (Wildman–Crippen LogP) is 2.43. The molecule has 0 aliphatic carbocycles. The van der Waals surface area contributed by atoms with Gasteiger partial charge in [0.1, 0.15) is 23.1 Å². The van der Waals surface area contributed by atoms with E-state index in [-0.39, 0.29) is 34.9 Å². The largest absolute Gasteiger partial charge is 0.384 e. The van der Waals surface area contributed by atoms with Crippen molar-refractivity contribution < 1.29 is 13.9 Å². The van der Waals surface area contributed by atoms with Crippen LogP contribution < -0.4 is 11.6 Å². The highest BCUT2D eigenvalue weighted by molar-refractivity contribution is 6.37. The molecular weight excluding hydrogens is 430 g/mol. The van der Waals surface area contributed by atoms with E-state index in [4.69, 9.17) is 16.8 Å². The molecule has 0 saturated carbocycles. The number of hydrazone groups is 1. The minimum Gasteiger partial charge on any atom is -0.384 e. The topological polar surface area (TPSA) is 159 Å². The summed E-state index contributed by atoms with van der Waals surface area (Å²) in [4.78, 5) is 16.3. The lowest BCUT2D eigenvalue weighted by Crippen LogP contribution is -2.18. The number of nitrogens with zero attached hydrogens (tertiary/aromatic N) is 6. The maximum atomic E-state index is 14.7. The second-order valence-electron chi connectivity index (χ2n) is 7.43. The van der Waals surface area contributed by atoms with Gasteiger partial charge in [0.25, 0.3) is 0 Å². The Hall–Kier alpha value is -4.30. The van der Waals surface area contributed by atoms with Gasteiger partial charge in [-0.05, 0) is 38.1 Å². The number of anilines is 1. The molecule has 3 aromatic rings. The maximum absolute atomic E-state index is 14.7. The van der Waals surface area contributed by atoms with E-state index < -0.39 is 23.1 Å². The average molecular weight is 450 g/mol. The normalized spacial score (nSPS) is 12.2. The Morgan fingerprint density at radius 1 is 1.15 bits per heavy atom. The van der Waals surface area contributed by atoms with E-state index in [1.165, 1.54) is 24.4 Å². The highest BCUT2D eigenvalue weighted by Gasteiger charge is 2.20. The third-order valence-electron chi connectivity index (χ3n) is 4.52. The molecular formula is C22H20F2N8O. The number of nitrogen functional groups attached to an aromatic ring is 1. The van der Waals surface area contributed by atoms with Crippen molar-refractivity contribution in [2.45, 2.75) is 26.0 Å². The third kappa shape index (κ3) is 5.13. The van der Waals surface area contributed by atoms with Crippen molar-refractivity contribution in [3.63, 3.8) is 0 Å². The SMILES string of the molecule is CC(C)(O)c1cccc(CN=CC(=NN)c2nc(-c3cccc(C#N)c3F)nc(N)c2F)n1. The first-order valence-corrected chi connectivity index (χ1v) is 9.64. The molecule has 5 N–H and O–H groups in total. The number of hydrogen-bond acceptors (Lipinski definition) is 9. The van der Waals surface area contributed by atoms with Crippen LogP contribution in [-0.2, 0) is 12.1 Å². The van der Waals surface area contributed by atoms with Gasteiger partial charge in [-0.1, -0.05) is 12.1 Å². The number of aromatic nitrogens is 3. The molecule has 0 aliphatic heterocycles. The van der Waals surface area contributed by atoms with Gasteiger partial charge in [0, 0.05) is 0 Å². The number of benzene rings is 1. The van der Waals surface area contributed by atoms with Gasteiger partial charge in [-0.25, -0.2) is 18.7 Å². The molecule has 2 heterocycles. The molecule has 0 saturated heterocycles. The zero-order valence-corrected chi connectivity index (χ0v) is 17.8. The molecule has 1 aromatic carbocycles. The second-order valence-corrected chi connectivity index (χ2v) is 7.43. The molecule has 9 nitrogen and oxygen atoms in total. The van der Waals surface area contributed by atoms with Crippen LogP contribution in [0.5, 0.6) is 0 Å². The summed E-state index contributed by atoms with van der Waals surface area (Å²) >= 11 is 0. The molecule has 0 atom stereocenters. The van der Waals surface area contributed by atoms with Crippen LogP contribution in [0, 0.1) is 23.0 Å². The number of halogens is 2. The number of hydrogen-bond donors (Lipinski definition) is 3. The van der Waals surface area contributed by atoms with Gasteiger partial charge in [0.15, 0.2) is 23.3 Å². The van der Waals surface area contributed by atoms with Gasteiger partial charge in [-0.15, -0.1) is 0 Å². The van der Waals surface area contributed by atoms with E-state index in [0.717, 1.165) is 0 Å². The summed E-state index contributed by atoms with van der Waals surface area (Å²) in [6, 6.07) is 10.9. The average Bonchev–Trinajstić information content (AvgIpc) is 2.78. The number of nitriles is 1. The summed E-state index contributed by atoms with van der Waals surface area (Å²) in [6.45, 7) is 3.30. The fourth-order valence-corrected chi connectivity index (χ4v) is 2.84. The highest BCUT2D eigenvalue weighted by Crippen LogP contribution is 2.24. The van der Waals surface area contributed by atoms with E-state index >= 15 is 0 Å². The van der Waals surface area contributed by atoms with Crippen molar-refractivity contribution in [1.82, 2.24) is 15.0 Å². The first kappa shape index (κ1) is 23.4. The minimum atomic E-state index is -1.13. The summed E-state index contributed by atoms with van der Waals surface area (Å²) < 4.78 is 29.2. The second kappa shape index (κ2) is 9.46. The van der Waals surface area contributed by atoms with E-state index in [1.807, 2.05) is 0 Å². The standard InChI is InChI=1S/C22H20F2N8O/c1-22(2,33)16-8-4-6-13(29-16)10-28-11-15(32-27)19-18(24)20(26)31-21(30-19)14-7-3-5-12(9-25)17(14)23/h3-8,11,33H,10,27H2,1-2H3,(H2,26,30,31). The van der Waals surface area contributed by atoms with Crippen LogP contribution in [0.4, 0.5) is 14.6 Å². The van der Waals surface area contributed by atoms with Crippen LogP contribution in [0.1, 0.15) is 36.5 Å². The van der Waals surface area contributed by atoms with Crippen molar-refractivity contribution >= 4 is 17.7 Å². The van der Waals surface area contributed by atoms with Gasteiger partial charge < -0.3 is 16.7 Å².